The van der Waals surface area contributed by atoms with Gasteiger partial charge in [-0.3, -0.25) is 4.79 Å². The van der Waals surface area contributed by atoms with Crippen molar-refractivity contribution >= 4 is 17.7 Å². The topological polar surface area (TPSA) is 56.1 Å². The number of anilines is 1. The number of amides is 1. The molecule has 29 heavy (non-hydrogen) atoms. The summed E-state index contributed by atoms with van der Waals surface area (Å²) in [5, 5.41) is 12.3. The molecular weight excluding hydrogens is 358 g/mol. The standard InChI is InChI=1S/C25H29N3O/c1-5-28-23-12-11-20(14-22(23)18(2)15-25(28,3)4)13-21(16-26)24(29)27-17-19-9-7-6-8-10-19/h6-14,18H,5,15,17H2,1-4H3,(H,27,29)/b21-13-/t18-/m1/s1. The van der Waals surface area contributed by atoms with Crippen LogP contribution in [0.2, 0.25) is 0 Å². The quantitative estimate of drug-likeness (QED) is 0.579. The first-order chi connectivity index (χ1) is 13.9. The number of hydrogen-bond donors (Lipinski definition) is 1. The average Bonchev–Trinajstić information content (AvgIpc) is 2.71. The highest BCUT2D eigenvalue weighted by atomic mass is 16.1. The molecule has 0 bridgehead atoms. The maximum atomic E-state index is 12.5. The minimum atomic E-state index is -0.349. The SMILES string of the molecule is CCN1c2ccc(/C=C(/C#N)C(=O)NCc3ccccc3)cc2[C@H](C)CC1(C)C. The Labute approximate surface area is 173 Å². The number of hydrogen-bond acceptors (Lipinski definition) is 3. The van der Waals surface area contributed by atoms with Gasteiger partial charge in [0.15, 0.2) is 0 Å². The number of fused-ring (bicyclic) bond motifs is 1. The highest BCUT2D eigenvalue weighted by Gasteiger charge is 2.35. The smallest absolute Gasteiger partial charge is 0.262 e. The summed E-state index contributed by atoms with van der Waals surface area (Å²) in [6.07, 6.45) is 2.76. The third-order valence-corrected chi connectivity index (χ3v) is 5.70. The Kier molecular flexibility index (Phi) is 6.08. The van der Waals surface area contributed by atoms with E-state index in [0.717, 1.165) is 24.1 Å². The van der Waals surface area contributed by atoms with Crippen molar-refractivity contribution in [2.45, 2.75) is 52.1 Å². The fourth-order valence-corrected chi connectivity index (χ4v) is 4.39. The van der Waals surface area contributed by atoms with Crippen LogP contribution in [0.1, 0.15) is 56.7 Å². The molecule has 2 aromatic carbocycles. The highest BCUT2D eigenvalue weighted by molar-refractivity contribution is 6.01. The fraction of sp³-hybridized carbons (Fsp3) is 0.360. The van der Waals surface area contributed by atoms with Crippen molar-refractivity contribution in [2.75, 3.05) is 11.4 Å². The van der Waals surface area contributed by atoms with Crippen LogP contribution in [-0.2, 0) is 11.3 Å². The van der Waals surface area contributed by atoms with Crippen molar-refractivity contribution in [3.8, 4) is 6.07 Å². The summed E-state index contributed by atoms with van der Waals surface area (Å²) in [4.78, 5) is 14.9. The summed E-state index contributed by atoms with van der Waals surface area (Å²) in [5.41, 5.74) is 4.66. The zero-order chi connectivity index (χ0) is 21.0. The molecular formula is C25H29N3O. The Bertz CT molecular complexity index is 954. The first-order valence-electron chi connectivity index (χ1n) is 10.2. The molecule has 0 aromatic heterocycles. The van der Waals surface area contributed by atoms with Gasteiger partial charge in [0.1, 0.15) is 11.6 Å². The van der Waals surface area contributed by atoms with Crippen LogP contribution in [0.25, 0.3) is 6.08 Å². The number of benzene rings is 2. The second kappa shape index (κ2) is 8.53. The normalized spacial score (nSPS) is 18.0. The van der Waals surface area contributed by atoms with E-state index in [2.05, 4.69) is 50.0 Å². The second-order valence-corrected chi connectivity index (χ2v) is 8.32. The zero-order valence-corrected chi connectivity index (χ0v) is 17.7. The lowest BCUT2D eigenvalue weighted by molar-refractivity contribution is -0.117. The Balaban J connectivity index is 1.83. The minimum Gasteiger partial charge on any atom is -0.366 e. The van der Waals surface area contributed by atoms with Gasteiger partial charge in [0.25, 0.3) is 5.91 Å². The molecule has 4 heteroatoms. The summed E-state index contributed by atoms with van der Waals surface area (Å²) < 4.78 is 0. The lowest BCUT2D eigenvalue weighted by atomic mass is 9.79. The molecule has 1 aliphatic heterocycles. The summed E-state index contributed by atoms with van der Waals surface area (Å²) in [6.45, 7) is 10.4. The lowest BCUT2D eigenvalue weighted by Crippen LogP contribution is -2.48. The Morgan fingerprint density at radius 3 is 2.66 bits per heavy atom. The molecule has 0 saturated heterocycles. The van der Waals surface area contributed by atoms with E-state index in [1.54, 1.807) is 6.08 Å². The van der Waals surface area contributed by atoms with Crippen molar-refractivity contribution in [2.24, 2.45) is 0 Å². The minimum absolute atomic E-state index is 0.119. The summed E-state index contributed by atoms with van der Waals surface area (Å²) in [5.74, 6) is 0.0760. The first-order valence-corrected chi connectivity index (χ1v) is 10.2. The summed E-state index contributed by atoms with van der Waals surface area (Å²) in [7, 11) is 0. The number of nitrogens with one attached hydrogen (secondary N) is 1. The van der Waals surface area contributed by atoms with E-state index < -0.39 is 0 Å². The number of nitrogens with zero attached hydrogens (tertiary/aromatic N) is 2. The molecule has 0 unspecified atom stereocenters. The molecule has 0 fully saturated rings. The van der Waals surface area contributed by atoms with E-state index in [-0.39, 0.29) is 17.0 Å². The van der Waals surface area contributed by atoms with Gasteiger partial charge in [0.2, 0.25) is 0 Å². The molecule has 150 valence electrons. The van der Waals surface area contributed by atoms with Crippen molar-refractivity contribution in [1.29, 1.82) is 5.26 Å². The Hall–Kier alpha value is -3.06. The van der Waals surface area contributed by atoms with Gasteiger partial charge in [-0.1, -0.05) is 43.3 Å². The molecule has 1 N–H and O–H groups in total. The van der Waals surface area contributed by atoms with Gasteiger partial charge in [-0.2, -0.15) is 5.26 Å². The molecule has 2 aromatic rings. The van der Waals surface area contributed by atoms with Crippen molar-refractivity contribution < 1.29 is 4.79 Å². The summed E-state index contributed by atoms with van der Waals surface area (Å²) in [6, 6.07) is 18.0. The number of rotatable bonds is 5. The van der Waals surface area contributed by atoms with Crippen LogP contribution in [0.5, 0.6) is 0 Å². The van der Waals surface area contributed by atoms with Crippen molar-refractivity contribution in [3.63, 3.8) is 0 Å². The maximum Gasteiger partial charge on any atom is 0.262 e. The van der Waals surface area contributed by atoms with Crippen LogP contribution in [0.15, 0.2) is 54.1 Å². The van der Waals surface area contributed by atoms with Gasteiger partial charge in [-0.15, -0.1) is 0 Å². The highest BCUT2D eigenvalue weighted by Crippen LogP contribution is 2.43. The summed E-state index contributed by atoms with van der Waals surface area (Å²) >= 11 is 0. The molecule has 1 heterocycles. The molecule has 0 radical (unpaired) electrons. The third-order valence-electron chi connectivity index (χ3n) is 5.70. The van der Waals surface area contributed by atoms with Crippen LogP contribution >= 0.6 is 0 Å². The van der Waals surface area contributed by atoms with Crippen LogP contribution in [0.3, 0.4) is 0 Å². The first kappa shape index (κ1) is 20.7. The molecule has 0 spiro atoms. The number of carbonyl (C=O) groups is 1. The largest absolute Gasteiger partial charge is 0.366 e. The number of nitriles is 1. The van der Waals surface area contributed by atoms with E-state index in [0.29, 0.717) is 12.5 Å². The number of carbonyl (C=O) groups excluding carboxylic acids is 1. The molecule has 1 amide bonds. The van der Waals surface area contributed by atoms with E-state index in [9.17, 15) is 10.1 Å². The van der Waals surface area contributed by atoms with Crippen LogP contribution < -0.4 is 10.2 Å². The van der Waals surface area contributed by atoms with Gasteiger partial charge >= 0.3 is 0 Å². The Morgan fingerprint density at radius 2 is 2.00 bits per heavy atom. The van der Waals surface area contributed by atoms with E-state index in [1.165, 1.54) is 11.3 Å². The molecule has 4 nitrogen and oxygen atoms in total. The van der Waals surface area contributed by atoms with Gasteiger partial charge < -0.3 is 10.2 Å². The molecule has 0 aliphatic carbocycles. The third kappa shape index (κ3) is 4.51. The van der Waals surface area contributed by atoms with Crippen molar-refractivity contribution in [3.05, 3.63) is 70.8 Å². The van der Waals surface area contributed by atoms with E-state index in [1.807, 2.05) is 42.5 Å². The predicted octanol–water partition coefficient (Wildman–Crippen LogP) is 5.02. The van der Waals surface area contributed by atoms with Gasteiger partial charge in [0, 0.05) is 24.3 Å². The second-order valence-electron chi connectivity index (χ2n) is 8.32. The van der Waals surface area contributed by atoms with E-state index in [4.69, 9.17) is 0 Å². The Morgan fingerprint density at radius 1 is 1.28 bits per heavy atom. The lowest BCUT2D eigenvalue weighted by Gasteiger charge is -2.47. The predicted molar refractivity (Wildman–Crippen MR) is 118 cm³/mol. The molecule has 3 rings (SSSR count). The van der Waals surface area contributed by atoms with Gasteiger partial charge in [-0.25, -0.2) is 0 Å². The molecule has 1 aliphatic rings. The van der Waals surface area contributed by atoms with Gasteiger partial charge in [-0.05, 0) is 68.0 Å². The van der Waals surface area contributed by atoms with Crippen LogP contribution in [0, 0.1) is 11.3 Å². The molecule has 0 saturated carbocycles. The maximum absolute atomic E-state index is 12.5. The fourth-order valence-electron chi connectivity index (χ4n) is 4.39. The zero-order valence-electron chi connectivity index (χ0n) is 17.7. The monoisotopic (exact) mass is 387 g/mol. The van der Waals surface area contributed by atoms with Crippen LogP contribution in [-0.4, -0.2) is 18.0 Å². The molecule has 1 atom stereocenters. The van der Waals surface area contributed by atoms with Crippen LogP contribution in [0.4, 0.5) is 5.69 Å². The van der Waals surface area contributed by atoms with Crippen molar-refractivity contribution in [1.82, 2.24) is 5.32 Å². The average molecular weight is 388 g/mol. The van der Waals surface area contributed by atoms with Gasteiger partial charge in [0.05, 0.1) is 0 Å². The van der Waals surface area contributed by atoms with E-state index >= 15 is 0 Å².